The molecule has 76 valence electrons. The normalized spacial score (nSPS) is 25.3. The third-order valence-corrected chi connectivity index (χ3v) is 2.84. The number of para-hydroxylation sites is 2. The zero-order chi connectivity index (χ0) is 9.97. The Morgan fingerprint density at radius 3 is 2.64 bits per heavy atom. The molecule has 14 heavy (non-hydrogen) atoms. The number of hydrogen-bond acceptors (Lipinski definition) is 2. The molecule has 0 heterocycles. The zero-order valence-corrected chi connectivity index (χ0v) is 8.79. The van der Waals surface area contributed by atoms with E-state index in [9.17, 15) is 0 Å². The summed E-state index contributed by atoms with van der Waals surface area (Å²) in [6, 6.07) is 8.73. The van der Waals surface area contributed by atoms with E-state index in [4.69, 9.17) is 4.74 Å². The number of ether oxygens (including phenoxy) is 1. The van der Waals surface area contributed by atoms with Crippen molar-refractivity contribution in [2.75, 3.05) is 12.4 Å². The number of nitrogens with one attached hydrogen (secondary N) is 1. The lowest BCUT2D eigenvalue weighted by atomic mass is 9.82. The molecule has 0 saturated heterocycles. The molecule has 0 aliphatic heterocycles. The van der Waals surface area contributed by atoms with Gasteiger partial charge in [0, 0.05) is 6.04 Å². The average Bonchev–Trinajstić information content (AvgIpc) is 2.16. The van der Waals surface area contributed by atoms with Gasteiger partial charge >= 0.3 is 0 Å². The van der Waals surface area contributed by atoms with Crippen molar-refractivity contribution in [3.05, 3.63) is 24.3 Å². The quantitative estimate of drug-likeness (QED) is 0.793. The zero-order valence-electron chi connectivity index (χ0n) is 8.79. The molecule has 0 atom stereocenters. The smallest absolute Gasteiger partial charge is 0.141 e. The van der Waals surface area contributed by atoms with E-state index in [1.807, 2.05) is 18.2 Å². The molecule has 1 saturated carbocycles. The van der Waals surface area contributed by atoms with Crippen molar-refractivity contribution in [1.82, 2.24) is 0 Å². The predicted octanol–water partition coefficient (Wildman–Crippen LogP) is 2.91. The van der Waals surface area contributed by atoms with Crippen LogP contribution in [0.1, 0.15) is 19.8 Å². The largest absolute Gasteiger partial charge is 0.495 e. The van der Waals surface area contributed by atoms with E-state index in [0.29, 0.717) is 6.04 Å². The summed E-state index contributed by atoms with van der Waals surface area (Å²) < 4.78 is 5.28. The number of hydrogen-bond donors (Lipinski definition) is 1. The van der Waals surface area contributed by atoms with Gasteiger partial charge < -0.3 is 10.1 Å². The molecule has 1 fully saturated rings. The third kappa shape index (κ3) is 1.84. The number of methoxy groups -OCH3 is 1. The first-order valence-corrected chi connectivity index (χ1v) is 5.19. The van der Waals surface area contributed by atoms with Gasteiger partial charge in [-0.1, -0.05) is 19.1 Å². The highest BCUT2D eigenvalue weighted by Gasteiger charge is 2.25. The molecule has 2 heteroatoms. The number of rotatable bonds is 3. The Hall–Kier alpha value is -1.18. The van der Waals surface area contributed by atoms with E-state index >= 15 is 0 Å². The lowest BCUT2D eigenvalue weighted by Gasteiger charge is -2.34. The van der Waals surface area contributed by atoms with Gasteiger partial charge in [0.15, 0.2) is 0 Å². The molecule has 0 spiro atoms. The van der Waals surface area contributed by atoms with Crippen LogP contribution in [-0.4, -0.2) is 13.2 Å². The van der Waals surface area contributed by atoms with E-state index in [2.05, 4.69) is 18.3 Å². The molecule has 0 radical (unpaired) electrons. The summed E-state index contributed by atoms with van der Waals surface area (Å²) in [4.78, 5) is 0. The van der Waals surface area contributed by atoms with Crippen molar-refractivity contribution in [3.8, 4) is 5.75 Å². The summed E-state index contributed by atoms with van der Waals surface area (Å²) >= 11 is 0. The van der Waals surface area contributed by atoms with Gasteiger partial charge in [0.05, 0.1) is 12.8 Å². The van der Waals surface area contributed by atoms with Crippen LogP contribution in [0.3, 0.4) is 0 Å². The number of anilines is 1. The second kappa shape index (κ2) is 3.91. The van der Waals surface area contributed by atoms with E-state index < -0.39 is 0 Å². The summed E-state index contributed by atoms with van der Waals surface area (Å²) in [6.45, 7) is 2.29. The molecule has 1 aromatic carbocycles. The van der Waals surface area contributed by atoms with Crippen LogP contribution >= 0.6 is 0 Å². The molecule has 1 aliphatic carbocycles. The molecule has 1 aromatic rings. The molecule has 1 N–H and O–H groups in total. The van der Waals surface area contributed by atoms with Crippen LogP contribution in [0.25, 0.3) is 0 Å². The monoisotopic (exact) mass is 191 g/mol. The van der Waals surface area contributed by atoms with Crippen LogP contribution in [0.15, 0.2) is 24.3 Å². The lowest BCUT2D eigenvalue weighted by molar-refractivity contribution is 0.308. The highest BCUT2D eigenvalue weighted by molar-refractivity contribution is 5.56. The van der Waals surface area contributed by atoms with Gasteiger partial charge in [0.25, 0.3) is 0 Å². The highest BCUT2D eigenvalue weighted by atomic mass is 16.5. The van der Waals surface area contributed by atoms with Crippen molar-refractivity contribution >= 4 is 5.69 Å². The van der Waals surface area contributed by atoms with Crippen LogP contribution < -0.4 is 10.1 Å². The van der Waals surface area contributed by atoms with Crippen LogP contribution in [0, 0.1) is 5.92 Å². The molecule has 0 unspecified atom stereocenters. The summed E-state index contributed by atoms with van der Waals surface area (Å²) in [7, 11) is 1.71. The predicted molar refractivity (Wildman–Crippen MR) is 58.8 cm³/mol. The average molecular weight is 191 g/mol. The van der Waals surface area contributed by atoms with Crippen LogP contribution in [0.2, 0.25) is 0 Å². The van der Waals surface area contributed by atoms with E-state index in [1.54, 1.807) is 7.11 Å². The third-order valence-electron chi connectivity index (χ3n) is 2.84. The van der Waals surface area contributed by atoms with Crippen molar-refractivity contribution < 1.29 is 4.74 Å². The number of benzene rings is 1. The molecule has 0 bridgehead atoms. The fraction of sp³-hybridized carbons (Fsp3) is 0.500. The van der Waals surface area contributed by atoms with Crippen molar-refractivity contribution in [3.63, 3.8) is 0 Å². The maximum Gasteiger partial charge on any atom is 0.141 e. The minimum atomic E-state index is 0.640. The standard InChI is InChI=1S/C12H17NO/c1-9-7-10(8-9)13-11-5-3-4-6-12(11)14-2/h3-6,9-10,13H,7-8H2,1-2H3. The van der Waals surface area contributed by atoms with Gasteiger partial charge in [-0.2, -0.15) is 0 Å². The fourth-order valence-electron chi connectivity index (χ4n) is 2.00. The van der Waals surface area contributed by atoms with Gasteiger partial charge in [0.2, 0.25) is 0 Å². The summed E-state index contributed by atoms with van der Waals surface area (Å²) in [6.07, 6.45) is 2.55. The minimum Gasteiger partial charge on any atom is -0.495 e. The van der Waals surface area contributed by atoms with E-state index in [1.165, 1.54) is 12.8 Å². The Kier molecular flexibility index (Phi) is 2.62. The van der Waals surface area contributed by atoms with E-state index in [0.717, 1.165) is 17.4 Å². The molecule has 1 aliphatic rings. The fourth-order valence-corrected chi connectivity index (χ4v) is 2.00. The molecular weight excluding hydrogens is 174 g/mol. The van der Waals surface area contributed by atoms with Crippen molar-refractivity contribution in [2.45, 2.75) is 25.8 Å². The first-order chi connectivity index (χ1) is 6.79. The maximum absolute atomic E-state index is 5.28. The van der Waals surface area contributed by atoms with Gasteiger partial charge in [-0.25, -0.2) is 0 Å². The topological polar surface area (TPSA) is 21.3 Å². The van der Waals surface area contributed by atoms with Crippen LogP contribution in [-0.2, 0) is 0 Å². The van der Waals surface area contributed by atoms with Crippen molar-refractivity contribution in [2.24, 2.45) is 5.92 Å². The van der Waals surface area contributed by atoms with Crippen LogP contribution in [0.5, 0.6) is 5.75 Å². The second-order valence-corrected chi connectivity index (χ2v) is 4.12. The Morgan fingerprint density at radius 1 is 1.29 bits per heavy atom. The molecule has 0 aromatic heterocycles. The first-order valence-electron chi connectivity index (χ1n) is 5.19. The Morgan fingerprint density at radius 2 is 2.00 bits per heavy atom. The molecule has 2 nitrogen and oxygen atoms in total. The molecular formula is C12H17NO. The highest BCUT2D eigenvalue weighted by Crippen LogP contribution is 2.32. The summed E-state index contributed by atoms with van der Waals surface area (Å²) in [5.74, 6) is 1.81. The van der Waals surface area contributed by atoms with Gasteiger partial charge in [-0.3, -0.25) is 0 Å². The van der Waals surface area contributed by atoms with Gasteiger partial charge in [0.1, 0.15) is 5.75 Å². The Balaban J connectivity index is 2.01. The first kappa shape index (κ1) is 9.38. The summed E-state index contributed by atoms with van der Waals surface area (Å²) in [5.41, 5.74) is 1.12. The van der Waals surface area contributed by atoms with Crippen molar-refractivity contribution in [1.29, 1.82) is 0 Å². The maximum atomic E-state index is 5.28. The molecule has 0 amide bonds. The van der Waals surface area contributed by atoms with Crippen LogP contribution in [0.4, 0.5) is 5.69 Å². The second-order valence-electron chi connectivity index (χ2n) is 4.12. The summed E-state index contributed by atoms with van der Waals surface area (Å²) in [5, 5.41) is 3.50. The van der Waals surface area contributed by atoms with Gasteiger partial charge in [-0.15, -0.1) is 0 Å². The Labute approximate surface area is 85.3 Å². The Bertz CT molecular complexity index is 305. The van der Waals surface area contributed by atoms with Gasteiger partial charge in [-0.05, 0) is 30.9 Å². The lowest BCUT2D eigenvalue weighted by Crippen LogP contribution is -2.33. The van der Waals surface area contributed by atoms with E-state index in [-0.39, 0.29) is 0 Å². The SMILES string of the molecule is COc1ccccc1NC1CC(C)C1. The molecule has 2 rings (SSSR count). The minimum absolute atomic E-state index is 0.640.